The highest BCUT2D eigenvalue weighted by atomic mass is 16.2. The number of nitrogens with two attached hydrogens (primary N) is 1. The summed E-state index contributed by atoms with van der Waals surface area (Å²) in [6.45, 7) is 5.78. The molecule has 0 aliphatic carbocycles. The summed E-state index contributed by atoms with van der Waals surface area (Å²) in [6, 6.07) is 8.06. The zero-order chi connectivity index (χ0) is 12.7. The van der Waals surface area contributed by atoms with E-state index < -0.39 is 0 Å². The van der Waals surface area contributed by atoms with Gasteiger partial charge in [0.05, 0.1) is 0 Å². The Bertz CT molecular complexity index is 382. The molecule has 0 saturated heterocycles. The molecule has 3 nitrogen and oxygen atoms in total. The molecule has 1 rings (SSSR count). The Morgan fingerprint density at radius 2 is 2.00 bits per heavy atom. The number of carbonyl (C=O) groups is 1. The van der Waals surface area contributed by atoms with Gasteiger partial charge >= 0.3 is 0 Å². The summed E-state index contributed by atoms with van der Waals surface area (Å²) in [5.41, 5.74) is 7.70. The Labute approximate surface area is 103 Å². The van der Waals surface area contributed by atoms with Gasteiger partial charge in [-0.3, -0.25) is 4.79 Å². The van der Waals surface area contributed by atoms with E-state index in [0.29, 0.717) is 19.6 Å². The molecule has 2 N–H and O–H groups in total. The van der Waals surface area contributed by atoms with Gasteiger partial charge in [-0.1, -0.05) is 29.8 Å². The van der Waals surface area contributed by atoms with E-state index in [4.69, 9.17) is 5.73 Å². The van der Waals surface area contributed by atoms with Gasteiger partial charge in [-0.05, 0) is 25.5 Å². The van der Waals surface area contributed by atoms with Crippen LogP contribution in [0.25, 0.3) is 6.08 Å². The third kappa shape index (κ3) is 4.41. The number of hydrogen-bond donors (Lipinski definition) is 1. The number of nitrogens with zero attached hydrogens (tertiary/aromatic N) is 1. The van der Waals surface area contributed by atoms with Crippen LogP contribution in [0.4, 0.5) is 0 Å². The monoisotopic (exact) mass is 232 g/mol. The van der Waals surface area contributed by atoms with Crippen LogP contribution in [0.3, 0.4) is 0 Å². The Morgan fingerprint density at radius 3 is 2.53 bits per heavy atom. The van der Waals surface area contributed by atoms with Gasteiger partial charge in [-0.15, -0.1) is 0 Å². The van der Waals surface area contributed by atoms with Gasteiger partial charge < -0.3 is 10.6 Å². The van der Waals surface area contributed by atoms with Crippen molar-refractivity contribution in [2.75, 3.05) is 19.6 Å². The highest BCUT2D eigenvalue weighted by Crippen LogP contribution is 2.05. The zero-order valence-corrected chi connectivity index (χ0v) is 10.5. The molecule has 3 heteroatoms. The van der Waals surface area contributed by atoms with Crippen LogP contribution in [0.15, 0.2) is 30.3 Å². The first kappa shape index (κ1) is 13.5. The fraction of sp³-hybridized carbons (Fsp3) is 0.357. The van der Waals surface area contributed by atoms with Crippen LogP contribution in [0.1, 0.15) is 18.1 Å². The quantitative estimate of drug-likeness (QED) is 0.787. The average Bonchev–Trinajstić information content (AvgIpc) is 2.35. The maximum atomic E-state index is 11.8. The van der Waals surface area contributed by atoms with Crippen LogP contribution in [0.5, 0.6) is 0 Å². The minimum absolute atomic E-state index is 0.0125. The Kier molecular flexibility index (Phi) is 5.43. The average molecular weight is 232 g/mol. The summed E-state index contributed by atoms with van der Waals surface area (Å²) in [4.78, 5) is 13.5. The van der Waals surface area contributed by atoms with E-state index in [1.807, 2.05) is 44.2 Å². The van der Waals surface area contributed by atoms with Gasteiger partial charge in [-0.2, -0.15) is 0 Å². The second-order valence-corrected chi connectivity index (χ2v) is 3.95. The molecule has 1 amide bonds. The van der Waals surface area contributed by atoms with Gasteiger partial charge in [0.1, 0.15) is 0 Å². The standard InChI is InChI=1S/C14H20N2O/c1-3-16(11-10-15)14(17)9-8-13-6-4-12(2)5-7-13/h4-9H,3,10-11,15H2,1-2H3/b9-8+. The molecule has 0 bridgehead atoms. The molecule has 0 radical (unpaired) electrons. The highest BCUT2D eigenvalue weighted by Gasteiger charge is 2.05. The number of likely N-dealkylation sites (N-methyl/N-ethyl adjacent to an activating group) is 1. The maximum absolute atomic E-state index is 11.8. The second-order valence-electron chi connectivity index (χ2n) is 3.95. The van der Waals surface area contributed by atoms with Gasteiger partial charge in [0.15, 0.2) is 0 Å². The SMILES string of the molecule is CCN(CCN)C(=O)/C=C/c1ccc(C)cc1. The van der Waals surface area contributed by atoms with Gasteiger partial charge in [0, 0.05) is 25.7 Å². The first-order valence-electron chi connectivity index (χ1n) is 5.91. The number of amides is 1. The van der Waals surface area contributed by atoms with Crippen molar-refractivity contribution in [3.63, 3.8) is 0 Å². The van der Waals surface area contributed by atoms with Crippen molar-refractivity contribution in [2.45, 2.75) is 13.8 Å². The van der Waals surface area contributed by atoms with E-state index in [-0.39, 0.29) is 5.91 Å². The third-order valence-corrected chi connectivity index (χ3v) is 2.59. The van der Waals surface area contributed by atoms with Crippen LogP contribution in [-0.2, 0) is 4.79 Å². The summed E-state index contributed by atoms with van der Waals surface area (Å²) in [6.07, 6.45) is 3.44. The Morgan fingerprint density at radius 1 is 1.35 bits per heavy atom. The number of carbonyl (C=O) groups excluding carboxylic acids is 1. The summed E-state index contributed by atoms with van der Waals surface area (Å²) in [7, 11) is 0. The number of benzene rings is 1. The number of hydrogen-bond acceptors (Lipinski definition) is 2. The molecule has 17 heavy (non-hydrogen) atoms. The molecule has 0 spiro atoms. The first-order chi connectivity index (χ1) is 8.17. The predicted molar refractivity (Wildman–Crippen MR) is 71.5 cm³/mol. The zero-order valence-electron chi connectivity index (χ0n) is 10.5. The van der Waals surface area contributed by atoms with E-state index in [1.165, 1.54) is 5.56 Å². The second kappa shape index (κ2) is 6.86. The van der Waals surface area contributed by atoms with E-state index >= 15 is 0 Å². The molecule has 1 aromatic rings. The van der Waals surface area contributed by atoms with E-state index in [9.17, 15) is 4.79 Å². The van der Waals surface area contributed by atoms with Crippen molar-refractivity contribution < 1.29 is 4.79 Å². The lowest BCUT2D eigenvalue weighted by Crippen LogP contribution is -2.33. The minimum atomic E-state index is 0.0125. The largest absolute Gasteiger partial charge is 0.338 e. The lowest BCUT2D eigenvalue weighted by Gasteiger charge is -2.17. The van der Waals surface area contributed by atoms with Crippen molar-refractivity contribution >= 4 is 12.0 Å². The molecule has 0 unspecified atom stereocenters. The lowest BCUT2D eigenvalue weighted by molar-refractivity contribution is -0.125. The molecule has 92 valence electrons. The highest BCUT2D eigenvalue weighted by molar-refractivity contribution is 5.91. The smallest absolute Gasteiger partial charge is 0.246 e. The first-order valence-corrected chi connectivity index (χ1v) is 5.91. The lowest BCUT2D eigenvalue weighted by atomic mass is 10.1. The fourth-order valence-corrected chi connectivity index (χ4v) is 1.53. The Balaban J connectivity index is 2.63. The van der Waals surface area contributed by atoms with E-state index in [2.05, 4.69) is 0 Å². The van der Waals surface area contributed by atoms with Crippen LogP contribution in [-0.4, -0.2) is 30.4 Å². The van der Waals surface area contributed by atoms with Crippen LogP contribution >= 0.6 is 0 Å². The minimum Gasteiger partial charge on any atom is -0.338 e. The molecular weight excluding hydrogens is 212 g/mol. The van der Waals surface area contributed by atoms with Gasteiger partial charge in [0.25, 0.3) is 0 Å². The van der Waals surface area contributed by atoms with Crippen molar-refractivity contribution in [1.29, 1.82) is 0 Å². The van der Waals surface area contributed by atoms with Crippen LogP contribution in [0, 0.1) is 6.92 Å². The van der Waals surface area contributed by atoms with E-state index in [1.54, 1.807) is 11.0 Å². The molecular formula is C14H20N2O. The van der Waals surface area contributed by atoms with Crippen molar-refractivity contribution in [1.82, 2.24) is 4.90 Å². The molecule has 0 saturated carbocycles. The van der Waals surface area contributed by atoms with Crippen LogP contribution in [0.2, 0.25) is 0 Å². The van der Waals surface area contributed by atoms with E-state index in [0.717, 1.165) is 5.56 Å². The number of rotatable bonds is 5. The van der Waals surface area contributed by atoms with Crippen LogP contribution < -0.4 is 5.73 Å². The molecule has 0 aliphatic heterocycles. The fourth-order valence-electron chi connectivity index (χ4n) is 1.53. The molecule has 0 heterocycles. The topological polar surface area (TPSA) is 46.3 Å². The normalized spacial score (nSPS) is 10.8. The summed E-state index contributed by atoms with van der Waals surface area (Å²) in [5.74, 6) is 0.0125. The van der Waals surface area contributed by atoms with Crippen molar-refractivity contribution in [3.8, 4) is 0 Å². The maximum Gasteiger partial charge on any atom is 0.246 e. The molecule has 1 aromatic carbocycles. The molecule has 0 aliphatic rings. The summed E-state index contributed by atoms with van der Waals surface area (Å²) >= 11 is 0. The molecule has 0 fully saturated rings. The summed E-state index contributed by atoms with van der Waals surface area (Å²) < 4.78 is 0. The number of aryl methyl sites for hydroxylation is 1. The predicted octanol–water partition coefficient (Wildman–Crippen LogP) is 1.82. The molecule has 0 aromatic heterocycles. The molecule has 0 atom stereocenters. The Hall–Kier alpha value is -1.61. The summed E-state index contributed by atoms with van der Waals surface area (Å²) in [5, 5.41) is 0. The van der Waals surface area contributed by atoms with Crippen molar-refractivity contribution in [2.24, 2.45) is 5.73 Å². The third-order valence-electron chi connectivity index (χ3n) is 2.59. The van der Waals surface area contributed by atoms with Gasteiger partial charge in [-0.25, -0.2) is 0 Å². The van der Waals surface area contributed by atoms with Gasteiger partial charge in [0.2, 0.25) is 5.91 Å². The van der Waals surface area contributed by atoms with Crippen molar-refractivity contribution in [3.05, 3.63) is 41.5 Å².